The molecule has 0 saturated heterocycles. The third kappa shape index (κ3) is 2.41. The van der Waals surface area contributed by atoms with Crippen LogP contribution in [0.5, 0.6) is 0 Å². The Morgan fingerprint density at radius 2 is 2.19 bits per heavy atom. The molecule has 1 aliphatic carbocycles. The van der Waals surface area contributed by atoms with E-state index in [1.54, 1.807) is 18.3 Å². The van der Waals surface area contributed by atoms with Crippen molar-refractivity contribution < 1.29 is 9.18 Å². The average Bonchev–Trinajstić information content (AvgIpc) is 3.13. The van der Waals surface area contributed by atoms with Gasteiger partial charge in [0.25, 0.3) is 0 Å². The van der Waals surface area contributed by atoms with E-state index in [-0.39, 0.29) is 22.2 Å². The fourth-order valence-electron chi connectivity index (χ4n) is 4.57. The molecule has 4 rings (SSSR count). The third-order valence-electron chi connectivity index (χ3n) is 5.81. The van der Waals surface area contributed by atoms with Crippen molar-refractivity contribution >= 4 is 28.9 Å². The molecule has 1 spiro atoms. The summed E-state index contributed by atoms with van der Waals surface area (Å²) in [5.74, 6) is 0.367. The Kier molecular flexibility index (Phi) is 3.95. The van der Waals surface area contributed by atoms with Gasteiger partial charge in [0.05, 0.1) is 10.6 Å². The van der Waals surface area contributed by atoms with Crippen molar-refractivity contribution in [2.75, 3.05) is 17.6 Å². The van der Waals surface area contributed by atoms with Crippen LogP contribution in [0.3, 0.4) is 0 Å². The first-order chi connectivity index (χ1) is 12.3. The largest absolute Gasteiger partial charge is 0.398 e. The number of carbonyl (C=O) groups excluding carboxylic acids is 1. The van der Waals surface area contributed by atoms with E-state index in [0.717, 1.165) is 37.2 Å². The number of benzene rings is 1. The Hall–Kier alpha value is -2.14. The number of pyridine rings is 1. The maximum atomic E-state index is 15.0. The van der Waals surface area contributed by atoms with Crippen molar-refractivity contribution in [3.05, 3.63) is 40.3 Å². The van der Waals surface area contributed by atoms with Crippen molar-refractivity contribution in [3.63, 3.8) is 0 Å². The number of carbonyl (C=O) groups is 1. The highest BCUT2D eigenvalue weighted by molar-refractivity contribution is 6.34. The first kappa shape index (κ1) is 17.3. The summed E-state index contributed by atoms with van der Waals surface area (Å²) in [4.78, 5) is 16.3. The van der Waals surface area contributed by atoms with Crippen LogP contribution in [0.4, 0.5) is 15.9 Å². The molecule has 0 bridgehead atoms. The Morgan fingerprint density at radius 3 is 2.85 bits per heavy atom. The van der Waals surface area contributed by atoms with Gasteiger partial charge in [0.15, 0.2) is 5.78 Å². The number of hydrogen-bond acceptors (Lipinski definition) is 4. The first-order valence-electron chi connectivity index (χ1n) is 8.86. The van der Waals surface area contributed by atoms with Gasteiger partial charge in [-0.2, -0.15) is 0 Å². The highest BCUT2D eigenvalue weighted by Crippen LogP contribution is 2.53. The van der Waals surface area contributed by atoms with E-state index in [1.807, 2.05) is 0 Å². The predicted molar refractivity (Wildman–Crippen MR) is 102 cm³/mol. The van der Waals surface area contributed by atoms with Crippen molar-refractivity contribution in [1.82, 2.24) is 4.98 Å². The zero-order chi connectivity index (χ0) is 18.6. The molecule has 2 heterocycles. The van der Waals surface area contributed by atoms with E-state index in [2.05, 4.69) is 17.2 Å². The number of nitrogen functional groups attached to an aromatic ring is 1. The number of rotatable bonds is 2. The molecule has 1 aromatic carbocycles. The van der Waals surface area contributed by atoms with E-state index in [9.17, 15) is 4.79 Å². The molecule has 2 unspecified atom stereocenters. The second kappa shape index (κ2) is 5.95. The maximum Gasteiger partial charge on any atom is 0.164 e. The lowest BCUT2D eigenvalue weighted by Gasteiger charge is -2.25. The molecule has 1 fully saturated rings. The minimum Gasteiger partial charge on any atom is -0.398 e. The number of ketones is 1. The Bertz CT molecular complexity index is 926. The van der Waals surface area contributed by atoms with E-state index < -0.39 is 11.6 Å². The summed E-state index contributed by atoms with van der Waals surface area (Å²) in [6.45, 7) is 4.36. The molecule has 3 N–H and O–H groups in total. The van der Waals surface area contributed by atoms with Gasteiger partial charge in [0, 0.05) is 40.5 Å². The van der Waals surface area contributed by atoms with Crippen molar-refractivity contribution in [3.8, 4) is 11.1 Å². The lowest BCUT2D eigenvalue weighted by molar-refractivity contribution is 0.101. The molecule has 2 aliphatic rings. The number of nitrogens with two attached hydrogens (primary N) is 1. The molecule has 0 amide bonds. The fourth-order valence-corrected chi connectivity index (χ4v) is 5.01. The van der Waals surface area contributed by atoms with Gasteiger partial charge >= 0.3 is 0 Å². The van der Waals surface area contributed by atoms with Crippen LogP contribution in [0.1, 0.15) is 49.0 Å². The Labute approximate surface area is 157 Å². The van der Waals surface area contributed by atoms with Crippen LogP contribution >= 0.6 is 11.6 Å². The van der Waals surface area contributed by atoms with Gasteiger partial charge < -0.3 is 11.1 Å². The number of halogens is 2. The van der Waals surface area contributed by atoms with Gasteiger partial charge in [-0.3, -0.25) is 4.79 Å². The predicted octanol–water partition coefficient (Wildman–Crippen LogP) is 4.81. The van der Waals surface area contributed by atoms with Crippen LogP contribution in [0, 0.1) is 11.7 Å². The molecule has 1 aliphatic heterocycles. The Morgan fingerprint density at radius 1 is 1.42 bits per heavy atom. The number of anilines is 2. The quantitative estimate of drug-likeness (QED) is 0.585. The van der Waals surface area contributed by atoms with Crippen molar-refractivity contribution in [2.24, 2.45) is 5.92 Å². The summed E-state index contributed by atoms with van der Waals surface area (Å²) in [6, 6.07) is 3.11. The van der Waals surface area contributed by atoms with Gasteiger partial charge in [-0.25, -0.2) is 9.37 Å². The van der Waals surface area contributed by atoms with Crippen LogP contribution in [0.25, 0.3) is 11.1 Å². The number of aromatic nitrogens is 1. The molecule has 26 heavy (non-hydrogen) atoms. The standard InChI is InChI=1S/C20H21ClFN3O/c1-10-5-6-20(7-10)9-25-19-16(20)17(21)13(8-24-19)12-3-4-14(23)15(11(2)26)18(12)22/h3-4,8,10H,5-7,9,23H2,1-2H3,(H,24,25). The molecule has 0 radical (unpaired) electrons. The topological polar surface area (TPSA) is 68.0 Å². The fraction of sp³-hybridized carbons (Fsp3) is 0.400. The second-order valence-electron chi connectivity index (χ2n) is 7.64. The molecule has 1 aromatic heterocycles. The minimum atomic E-state index is -0.638. The van der Waals surface area contributed by atoms with E-state index in [0.29, 0.717) is 16.5 Å². The van der Waals surface area contributed by atoms with Gasteiger partial charge in [0.2, 0.25) is 0 Å². The summed E-state index contributed by atoms with van der Waals surface area (Å²) in [7, 11) is 0. The molecule has 2 atom stereocenters. The Balaban J connectivity index is 1.90. The van der Waals surface area contributed by atoms with Gasteiger partial charge in [-0.05, 0) is 44.2 Å². The van der Waals surface area contributed by atoms with Crippen LogP contribution in [0.15, 0.2) is 18.3 Å². The van der Waals surface area contributed by atoms with Crippen molar-refractivity contribution in [2.45, 2.75) is 38.5 Å². The SMILES string of the molecule is CC(=O)c1c(N)ccc(-c2cnc3c(c2Cl)C2(CCC(C)C2)CN3)c1F. The zero-order valence-electron chi connectivity index (χ0n) is 14.8. The molecule has 1 saturated carbocycles. The summed E-state index contributed by atoms with van der Waals surface area (Å²) in [5.41, 5.74) is 7.54. The smallest absolute Gasteiger partial charge is 0.164 e. The van der Waals surface area contributed by atoms with Crippen LogP contribution in [0.2, 0.25) is 5.02 Å². The second-order valence-corrected chi connectivity index (χ2v) is 8.02. The molecule has 136 valence electrons. The maximum absolute atomic E-state index is 15.0. The lowest BCUT2D eigenvalue weighted by Crippen LogP contribution is -2.25. The minimum absolute atomic E-state index is 0.0392. The lowest BCUT2D eigenvalue weighted by atomic mass is 9.80. The third-order valence-corrected chi connectivity index (χ3v) is 6.20. The van der Waals surface area contributed by atoms with E-state index in [4.69, 9.17) is 17.3 Å². The number of hydrogen-bond donors (Lipinski definition) is 2. The molecular weight excluding hydrogens is 353 g/mol. The van der Waals surface area contributed by atoms with Crippen LogP contribution in [-0.2, 0) is 5.41 Å². The highest BCUT2D eigenvalue weighted by atomic mass is 35.5. The first-order valence-corrected chi connectivity index (χ1v) is 9.24. The average molecular weight is 374 g/mol. The summed E-state index contributed by atoms with van der Waals surface area (Å²) in [5, 5.41) is 3.88. The van der Waals surface area contributed by atoms with Gasteiger partial charge in [-0.15, -0.1) is 0 Å². The molecule has 4 nitrogen and oxygen atoms in total. The summed E-state index contributed by atoms with van der Waals surface area (Å²) < 4.78 is 15.0. The van der Waals surface area contributed by atoms with Gasteiger partial charge in [-0.1, -0.05) is 18.5 Å². The number of Topliss-reactive ketones (excluding diaryl/α,β-unsaturated/α-hetero) is 1. The van der Waals surface area contributed by atoms with Gasteiger partial charge in [0.1, 0.15) is 11.6 Å². The number of nitrogens with zero attached hydrogens (tertiary/aromatic N) is 1. The van der Waals surface area contributed by atoms with Crippen LogP contribution < -0.4 is 11.1 Å². The van der Waals surface area contributed by atoms with Crippen LogP contribution in [-0.4, -0.2) is 17.3 Å². The number of fused-ring (bicyclic) bond motifs is 2. The molecule has 2 aromatic rings. The molecular formula is C20H21ClFN3O. The monoisotopic (exact) mass is 373 g/mol. The highest BCUT2D eigenvalue weighted by Gasteiger charge is 2.46. The van der Waals surface area contributed by atoms with Crippen molar-refractivity contribution in [1.29, 1.82) is 0 Å². The normalized spacial score (nSPS) is 23.9. The van der Waals surface area contributed by atoms with E-state index in [1.165, 1.54) is 6.92 Å². The molecule has 6 heteroatoms. The zero-order valence-corrected chi connectivity index (χ0v) is 15.6. The summed E-state index contributed by atoms with van der Waals surface area (Å²) >= 11 is 6.79. The van der Waals surface area contributed by atoms with E-state index >= 15 is 4.39 Å². The number of nitrogens with one attached hydrogen (secondary N) is 1. The summed E-state index contributed by atoms with van der Waals surface area (Å²) in [6.07, 6.45) is 4.80.